The van der Waals surface area contributed by atoms with Crippen LogP contribution in [-0.4, -0.2) is 33.7 Å². The van der Waals surface area contributed by atoms with Crippen LogP contribution in [0.3, 0.4) is 0 Å². The van der Waals surface area contributed by atoms with Gasteiger partial charge in [-0.15, -0.1) is 0 Å². The first kappa shape index (κ1) is 17.7. The van der Waals surface area contributed by atoms with Crippen molar-refractivity contribution in [1.29, 1.82) is 0 Å². The number of aryl methyl sites for hydroxylation is 1. The first-order valence-electron chi connectivity index (χ1n) is 8.73. The van der Waals surface area contributed by atoms with Crippen LogP contribution in [0.5, 0.6) is 0 Å². The molecule has 2 aromatic carbocycles. The number of carboxylic acid groups (broad SMARTS) is 1. The molecule has 1 aliphatic rings. The van der Waals surface area contributed by atoms with Crippen LogP contribution in [0.25, 0.3) is 11.1 Å². The Hall–Kier alpha value is -3.74. The molecule has 0 unspecified atom stereocenters. The molecule has 2 N–H and O–H groups in total. The fraction of sp³-hybridized carbons (Fsp3) is 0.143. The highest BCUT2D eigenvalue weighted by Crippen LogP contribution is 2.44. The number of ether oxygens (including phenoxy) is 1. The topological polar surface area (TPSA) is 101 Å². The number of aromatic carboxylic acids is 1. The summed E-state index contributed by atoms with van der Waals surface area (Å²) >= 11 is 0. The van der Waals surface area contributed by atoms with Crippen LogP contribution in [0.4, 0.5) is 10.6 Å². The van der Waals surface area contributed by atoms with Gasteiger partial charge in [0.15, 0.2) is 5.82 Å². The van der Waals surface area contributed by atoms with E-state index < -0.39 is 12.1 Å². The number of benzene rings is 2. The van der Waals surface area contributed by atoms with Gasteiger partial charge in [0.1, 0.15) is 18.0 Å². The van der Waals surface area contributed by atoms with Gasteiger partial charge in [-0.1, -0.05) is 48.5 Å². The molecule has 0 radical (unpaired) electrons. The summed E-state index contributed by atoms with van der Waals surface area (Å²) < 4.78 is 5.41. The Balaban J connectivity index is 1.52. The van der Waals surface area contributed by atoms with Gasteiger partial charge in [0.2, 0.25) is 0 Å². The molecule has 0 saturated carbocycles. The zero-order valence-corrected chi connectivity index (χ0v) is 15.0. The Morgan fingerprint density at radius 2 is 1.68 bits per heavy atom. The maximum Gasteiger partial charge on any atom is 0.412 e. The van der Waals surface area contributed by atoms with Gasteiger partial charge in [-0.25, -0.2) is 19.6 Å². The summed E-state index contributed by atoms with van der Waals surface area (Å²) in [6.45, 7) is 1.74. The van der Waals surface area contributed by atoms with Crippen LogP contribution in [0, 0.1) is 6.92 Å². The number of fused-ring (bicyclic) bond motifs is 3. The zero-order chi connectivity index (χ0) is 19.7. The highest BCUT2D eigenvalue weighted by atomic mass is 16.5. The maximum atomic E-state index is 12.3. The number of carboxylic acids is 1. The van der Waals surface area contributed by atoms with E-state index in [9.17, 15) is 14.7 Å². The second-order valence-electron chi connectivity index (χ2n) is 6.44. The summed E-state index contributed by atoms with van der Waals surface area (Å²) in [7, 11) is 0. The number of aromatic nitrogens is 2. The number of hydrogen-bond acceptors (Lipinski definition) is 5. The Morgan fingerprint density at radius 1 is 1.07 bits per heavy atom. The molecule has 3 aromatic rings. The molecule has 0 bridgehead atoms. The van der Waals surface area contributed by atoms with E-state index in [1.807, 2.05) is 36.4 Å². The number of nitrogens with zero attached hydrogens (tertiary/aromatic N) is 2. The van der Waals surface area contributed by atoms with Gasteiger partial charge in [0.05, 0.1) is 0 Å². The number of anilines is 1. The summed E-state index contributed by atoms with van der Waals surface area (Å²) in [5.41, 5.74) is 4.26. The minimum absolute atomic E-state index is 0.0794. The van der Waals surface area contributed by atoms with Gasteiger partial charge in [-0.3, -0.25) is 5.32 Å². The lowest BCUT2D eigenvalue weighted by molar-refractivity contribution is 0.0697. The largest absolute Gasteiger partial charge is 0.477 e. The lowest BCUT2D eigenvalue weighted by atomic mass is 9.98. The molecule has 1 aliphatic carbocycles. The van der Waals surface area contributed by atoms with Gasteiger partial charge in [0, 0.05) is 12.1 Å². The van der Waals surface area contributed by atoms with E-state index in [0.29, 0.717) is 5.82 Å². The predicted molar refractivity (Wildman–Crippen MR) is 102 cm³/mol. The average molecular weight is 375 g/mol. The van der Waals surface area contributed by atoms with Crippen molar-refractivity contribution in [3.63, 3.8) is 0 Å². The molecule has 0 aliphatic heterocycles. The number of nitrogens with one attached hydrogen (secondary N) is 1. The second-order valence-corrected chi connectivity index (χ2v) is 6.44. The molecule has 140 valence electrons. The summed E-state index contributed by atoms with van der Waals surface area (Å²) in [6.07, 6.45) is 0.395. The monoisotopic (exact) mass is 375 g/mol. The molecule has 0 spiro atoms. The standard InChI is InChI=1S/C21H17N3O4/c1-12-22-10-17(20(25)26)19(23-12)24-21(27)28-11-18-15-8-4-2-6-13(15)14-7-3-5-9-16(14)18/h2-10,18H,11H2,1H3,(H,25,26)(H,22,23,24,27). The molecule has 0 atom stereocenters. The number of rotatable bonds is 4. The van der Waals surface area contributed by atoms with E-state index in [4.69, 9.17) is 4.74 Å². The van der Waals surface area contributed by atoms with Crippen LogP contribution in [0.2, 0.25) is 0 Å². The smallest absolute Gasteiger partial charge is 0.412 e. The average Bonchev–Trinajstić information content (AvgIpc) is 3.00. The van der Waals surface area contributed by atoms with Crippen LogP contribution >= 0.6 is 0 Å². The number of amides is 1. The van der Waals surface area contributed by atoms with E-state index in [1.54, 1.807) is 6.92 Å². The highest BCUT2D eigenvalue weighted by Gasteiger charge is 2.29. The van der Waals surface area contributed by atoms with Crippen molar-refractivity contribution in [2.24, 2.45) is 0 Å². The molecule has 1 aromatic heterocycles. The summed E-state index contributed by atoms with van der Waals surface area (Å²) in [6, 6.07) is 16.0. The molecular formula is C21H17N3O4. The Labute approximate surface area is 161 Å². The van der Waals surface area contributed by atoms with Crippen molar-refractivity contribution in [2.45, 2.75) is 12.8 Å². The normalized spacial score (nSPS) is 12.2. The lowest BCUT2D eigenvalue weighted by Gasteiger charge is -2.15. The molecule has 1 heterocycles. The number of carbonyl (C=O) groups excluding carboxylic acids is 1. The number of hydrogen-bond donors (Lipinski definition) is 2. The Kier molecular flexibility index (Phi) is 4.49. The summed E-state index contributed by atoms with van der Waals surface area (Å²) in [5, 5.41) is 11.6. The second kappa shape index (κ2) is 7.11. The minimum atomic E-state index is -1.23. The summed E-state index contributed by atoms with van der Waals surface area (Å²) in [4.78, 5) is 31.4. The van der Waals surface area contributed by atoms with Crippen molar-refractivity contribution in [2.75, 3.05) is 11.9 Å². The van der Waals surface area contributed by atoms with E-state index in [2.05, 4.69) is 27.4 Å². The van der Waals surface area contributed by atoms with E-state index in [1.165, 1.54) is 0 Å². The van der Waals surface area contributed by atoms with Crippen molar-refractivity contribution >= 4 is 17.9 Å². The molecule has 7 heteroatoms. The third kappa shape index (κ3) is 3.18. The van der Waals surface area contributed by atoms with Crippen LogP contribution in [0.15, 0.2) is 54.7 Å². The van der Waals surface area contributed by atoms with E-state index in [-0.39, 0.29) is 23.9 Å². The lowest BCUT2D eigenvalue weighted by Crippen LogP contribution is -2.20. The Bertz CT molecular complexity index is 1040. The zero-order valence-electron chi connectivity index (χ0n) is 15.0. The maximum absolute atomic E-state index is 12.3. The molecule has 1 amide bonds. The summed E-state index contributed by atoms with van der Waals surface area (Å²) in [5.74, 6) is -1.05. The van der Waals surface area contributed by atoms with Crippen molar-refractivity contribution in [3.8, 4) is 11.1 Å². The first-order chi connectivity index (χ1) is 13.5. The van der Waals surface area contributed by atoms with Crippen LogP contribution < -0.4 is 5.32 Å². The van der Waals surface area contributed by atoms with Crippen LogP contribution in [0.1, 0.15) is 33.2 Å². The van der Waals surface area contributed by atoms with Gasteiger partial charge in [-0.2, -0.15) is 0 Å². The Morgan fingerprint density at radius 3 is 2.29 bits per heavy atom. The highest BCUT2D eigenvalue weighted by molar-refractivity contribution is 5.97. The van der Waals surface area contributed by atoms with Gasteiger partial charge in [0.25, 0.3) is 0 Å². The first-order valence-corrected chi connectivity index (χ1v) is 8.73. The molecular weight excluding hydrogens is 358 g/mol. The van der Waals surface area contributed by atoms with Crippen molar-refractivity contribution in [1.82, 2.24) is 9.97 Å². The van der Waals surface area contributed by atoms with Gasteiger partial charge in [-0.05, 0) is 29.2 Å². The number of carbonyl (C=O) groups is 2. The van der Waals surface area contributed by atoms with Crippen molar-refractivity contribution in [3.05, 3.63) is 77.2 Å². The van der Waals surface area contributed by atoms with Crippen molar-refractivity contribution < 1.29 is 19.4 Å². The fourth-order valence-corrected chi connectivity index (χ4v) is 3.45. The van der Waals surface area contributed by atoms with E-state index in [0.717, 1.165) is 28.5 Å². The molecule has 4 rings (SSSR count). The SMILES string of the molecule is Cc1ncc(C(=O)O)c(NC(=O)OCC2c3ccccc3-c3ccccc32)n1. The molecule has 7 nitrogen and oxygen atoms in total. The van der Waals surface area contributed by atoms with E-state index >= 15 is 0 Å². The fourth-order valence-electron chi connectivity index (χ4n) is 3.45. The third-order valence-corrected chi connectivity index (χ3v) is 4.70. The van der Waals surface area contributed by atoms with Crippen LogP contribution in [-0.2, 0) is 4.74 Å². The molecule has 0 fully saturated rings. The van der Waals surface area contributed by atoms with Gasteiger partial charge < -0.3 is 9.84 Å². The molecule has 0 saturated heterocycles. The molecule has 28 heavy (non-hydrogen) atoms. The third-order valence-electron chi connectivity index (χ3n) is 4.70. The van der Waals surface area contributed by atoms with Gasteiger partial charge >= 0.3 is 12.1 Å². The quantitative estimate of drug-likeness (QED) is 0.718. The minimum Gasteiger partial charge on any atom is -0.477 e. The predicted octanol–water partition coefficient (Wildman–Crippen LogP) is 3.84.